The second-order valence-electron chi connectivity index (χ2n) is 5.61. The summed E-state index contributed by atoms with van der Waals surface area (Å²) in [6, 6.07) is 13.9. The van der Waals surface area contributed by atoms with Crippen LogP contribution in [0.3, 0.4) is 0 Å². The Bertz CT molecular complexity index is 1190. The number of nitrogen functional groups attached to an aromatic ring is 1. The van der Waals surface area contributed by atoms with E-state index in [4.69, 9.17) is 10.2 Å². The Hall–Kier alpha value is -3.26. The van der Waals surface area contributed by atoms with E-state index in [9.17, 15) is 0 Å². The average molecular weight is 348 g/mol. The van der Waals surface area contributed by atoms with E-state index in [1.165, 1.54) is 0 Å². The molecule has 25 heavy (non-hydrogen) atoms. The van der Waals surface area contributed by atoms with Crippen LogP contribution in [-0.2, 0) is 6.42 Å². The fourth-order valence-corrected chi connectivity index (χ4v) is 3.47. The van der Waals surface area contributed by atoms with Crippen molar-refractivity contribution in [3.8, 4) is 10.6 Å². The molecule has 7 nitrogen and oxygen atoms in total. The third kappa shape index (κ3) is 2.43. The monoisotopic (exact) mass is 348 g/mol. The Balaban J connectivity index is 1.56. The van der Waals surface area contributed by atoms with Crippen LogP contribution in [0, 0.1) is 0 Å². The third-order valence-corrected chi connectivity index (χ3v) is 4.83. The van der Waals surface area contributed by atoms with Gasteiger partial charge in [-0.2, -0.15) is 14.6 Å². The summed E-state index contributed by atoms with van der Waals surface area (Å²) in [6.45, 7) is 0. The quantitative estimate of drug-likeness (QED) is 0.538. The number of fused-ring (bicyclic) bond motifs is 2. The van der Waals surface area contributed by atoms with Gasteiger partial charge in [-0.15, -0.1) is 21.5 Å². The summed E-state index contributed by atoms with van der Waals surface area (Å²) in [5.74, 6) is 0.764. The fourth-order valence-electron chi connectivity index (χ4n) is 2.78. The summed E-state index contributed by atoms with van der Waals surface area (Å²) in [5, 5.41) is 15.2. The van der Waals surface area contributed by atoms with Crippen molar-refractivity contribution in [3.05, 3.63) is 59.2 Å². The standard InChI is InChI=1S/C17H12N6OS/c18-17-19-11-4-3-10(8-13(11)24-17)9-16-21-20-15-6-5-12(22-23(15)16)14-2-1-7-25-14/h1-8H,9H2,(H2,18,19). The van der Waals surface area contributed by atoms with Crippen molar-refractivity contribution in [2.24, 2.45) is 0 Å². The van der Waals surface area contributed by atoms with Gasteiger partial charge in [-0.1, -0.05) is 12.1 Å². The minimum absolute atomic E-state index is 0.169. The normalized spacial score (nSPS) is 11.5. The van der Waals surface area contributed by atoms with E-state index < -0.39 is 0 Å². The van der Waals surface area contributed by atoms with Crippen molar-refractivity contribution in [2.75, 3.05) is 5.73 Å². The number of thiophene rings is 1. The highest BCUT2D eigenvalue weighted by atomic mass is 32.1. The Morgan fingerprint density at radius 3 is 2.96 bits per heavy atom. The molecule has 0 radical (unpaired) electrons. The first kappa shape index (κ1) is 14.1. The van der Waals surface area contributed by atoms with Gasteiger partial charge >= 0.3 is 0 Å². The van der Waals surface area contributed by atoms with Gasteiger partial charge < -0.3 is 10.2 Å². The van der Waals surface area contributed by atoms with E-state index in [2.05, 4.69) is 20.3 Å². The molecule has 4 heterocycles. The highest BCUT2D eigenvalue weighted by Gasteiger charge is 2.11. The minimum Gasteiger partial charge on any atom is -0.424 e. The van der Waals surface area contributed by atoms with Crippen molar-refractivity contribution in [2.45, 2.75) is 6.42 Å². The zero-order chi connectivity index (χ0) is 16.8. The molecule has 0 aliphatic heterocycles. The van der Waals surface area contributed by atoms with Crippen molar-refractivity contribution in [1.82, 2.24) is 24.8 Å². The van der Waals surface area contributed by atoms with Crippen molar-refractivity contribution in [3.63, 3.8) is 0 Å². The van der Waals surface area contributed by atoms with E-state index in [-0.39, 0.29) is 6.01 Å². The second-order valence-corrected chi connectivity index (χ2v) is 6.56. The number of anilines is 1. The fraction of sp³-hybridized carbons (Fsp3) is 0.0588. The molecule has 8 heteroatoms. The molecule has 0 saturated carbocycles. The van der Waals surface area contributed by atoms with E-state index >= 15 is 0 Å². The third-order valence-electron chi connectivity index (χ3n) is 3.93. The molecule has 1 aromatic carbocycles. The molecule has 5 rings (SSSR count). The molecule has 2 N–H and O–H groups in total. The van der Waals surface area contributed by atoms with Crippen LogP contribution < -0.4 is 5.73 Å². The van der Waals surface area contributed by atoms with Crippen LogP contribution >= 0.6 is 11.3 Å². The number of hydrogen-bond acceptors (Lipinski definition) is 7. The summed E-state index contributed by atoms with van der Waals surface area (Å²) in [7, 11) is 0. The summed E-state index contributed by atoms with van der Waals surface area (Å²) >= 11 is 1.65. The Kier molecular flexibility index (Phi) is 3.04. The topological polar surface area (TPSA) is 95.1 Å². The highest BCUT2D eigenvalue weighted by molar-refractivity contribution is 7.13. The first-order chi connectivity index (χ1) is 12.3. The maximum absolute atomic E-state index is 5.60. The predicted molar refractivity (Wildman–Crippen MR) is 95.3 cm³/mol. The van der Waals surface area contributed by atoms with E-state index in [1.54, 1.807) is 15.9 Å². The highest BCUT2D eigenvalue weighted by Crippen LogP contribution is 2.23. The Morgan fingerprint density at radius 2 is 2.08 bits per heavy atom. The van der Waals surface area contributed by atoms with Gasteiger partial charge in [0.05, 0.1) is 4.88 Å². The number of nitrogens with two attached hydrogens (primary N) is 1. The lowest BCUT2D eigenvalue weighted by molar-refractivity contribution is 0.626. The first-order valence-corrected chi connectivity index (χ1v) is 8.54. The lowest BCUT2D eigenvalue weighted by Crippen LogP contribution is -2.01. The number of oxazole rings is 1. The molecule has 0 bridgehead atoms. The van der Waals surface area contributed by atoms with Crippen molar-refractivity contribution in [1.29, 1.82) is 0 Å². The molecular formula is C17H12N6OS. The summed E-state index contributed by atoms with van der Waals surface area (Å²) in [6.07, 6.45) is 0.582. The molecule has 4 aromatic heterocycles. The Morgan fingerprint density at radius 1 is 1.12 bits per heavy atom. The molecule has 0 amide bonds. The lowest BCUT2D eigenvalue weighted by Gasteiger charge is -2.02. The van der Waals surface area contributed by atoms with Gasteiger partial charge in [-0.3, -0.25) is 0 Å². The summed E-state index contributed by atoms with van der Waals surface area (Å²) in [4.78, 5) is 5.22. The molecular weight excluding hydrogens is 336 g/mol. The van der Waals surface area contributed by atoms with Gasteiger partial charge in [-0.05, 0) is 41.3 Å². The molecule has 0 aliphatic carbocycles. The van der Waals surface area contributed by atoms with Gasteiger partial charge in [0, 0.05) is 6.42 Å². The van der Waals surface area contributed by atoms with E-state index in [0.29, 0.717) is 12.0 Å². The predicted octanol–water partition coefficient (Wildman–Crippen LogP) is 3.17. The van der Waals surface area contributed by atoms with Gasteiger partial charge in [0.25, 0.3) is 6.01 Å². The summed E-state index contributed by atoms with van der Waals surface area (Å²) < 4.78 is 7.18. The van der Waals surface area contributed by atoms with Crippen LogP contribution in [0.25, 0.3) is 27.3 Å². The lowest BCUT2D eigenvalue weighted by atomic mass is 10.1. The molecule has 5 aromatic rings. The zero-order valence-corrected chi connectivity index (χ0v) is 13.8. The number of hydrogen-bond donors (Lipinski definition) is 1. The van der Waals surface area contributed by atoms with Crippen LogP contribution in [0.1, 0.15) is 11.4 Å². The van der Waals surface area contributed by atoms with Crippen LogP contribution in [0.5, 0.6) is 0 Å². The smallest absolute Gasteiger partial charge is 0.292 e. The average Bonchev–Trinajstić information content (AvgIpc) is 3.33. The molecule has 0 spiro atoms. The van der Waals surface area contributed by atoms with Crippen LogP contribution in [0.4, 0.5) is 6.01 Å². The van der Waals surface area contributed by atoms with Crippen LogP contribution in [0.2, 0.25) is 0 Å². The maximum atomic E-state index is 5.60. The van der Waals surface area contributed by atoms with Gasteiger partial charge in [0.15, 0.2) is 17.1 Å². The van der Waals surface area contributed by atoms with Gasteiger partial charge in [-0.25, -0.2) is 0 Å². The van der Waals surface area contributed by atoms with Crippen molar-refractivity contribution >= 4 is 34.1 Å². The molecule has 0 saturated heterocycles. The van der Waals surface area contributed by atoms with Crippen LogP contribution in [0.15, 0.2) is 52.3 Å². The van der Waals surface area contributed by atoms with Gasteiger partial charge in [0.1, 0.15) is 11.2 Å². The maximum Gasteiger partial charge on any atom is 0.292 e. The number of nitrogens with zero attached hydrogens (tertiary/aromatic N) is 5. The Labute approximate surface area is 145 Å². The first-order valence-electron chi connectivity index (χ1n) is 7.66. The van der Waals surface area contributed by atoms with E-state index in [1.807, 2.05) is 47.8 Å². The second kappa shape index (κ2) is 5.38. The number of benzene rings is 1. The largest absolute Gasteiger partial charge is 0.424 e. The van der Waals surface area contributed by atoms with E-state index in [0.717, 1.165) is 33.1 Å². The molecule has 122 valence electrons. The van der Waals surface area contributed by atoms with Crippen molar-refractivity contribution < 1.29 is 4.42 Å². The summed E-state index contributed by atoms with van der Waals surface area (Å²) in [5.41, 5.74) is 9.66. The molecule has 0 atom stereocenters. The number of aromatic nitrogens is 5. The minimum atomic E-state index is 0.169. The zero-order valence-electron chi connectivity index (χ0n) is 13.0. The SMILES string of the molecule is Nc1nc2ccc(Cc3nnc4ccc(-c5cccs5)nn34)cc2o1. The van der Waals surface area contributed by atoms with Crippen LogP contribution in [-0.4, -0.2) is 24.8 Å². The molecule has 0 unspecified atom stereocenters. The molecule has 0 fully saturated rings. The number of rotatable bonds is 3. The molecule has 0 aliphatic rings. The van der Waals surface area contributed by atoms with Gasteiger partial charge in [0.2, 0.25) is 0 Å².